The number of ether oxygens (including phenoxy) is 1. The normalized spacial score (nSPS) is 9.86. The van der Waals surface area contributed by atoms with E-state index in [9.17, 15) is 4.79 Å². The maximum Gasteiger partial charge on any atom is 0.348 e. The van der Waals surface area contributed by atoms with Gasteiger partial charge in [0.05, 0.1) is 6.61 Å². The molecule has 14 heavy (non-hydrogen) atoms. The third-order valence-corrected chi connectivity index (χ3v) is 3.67. The van der Waals surface area contributed by atoms with Crippen molar-refractivity contribution < 1.29 is 9.53 Å². The number of carbonyl (C=O) groups is 1. The van der Waals surface area contributed by atoms with E-state index in [4.69, 9.17) is 4.74 Å². The third kappa shape index (κ3) is 2.69. The molecule has 0 amide bonds. The highest BCUT2D eigenvalue weighted by Crippen LogP contribution is 2.28. The van der Waals surface area contributed by atoms with Crippen LogP contribution in [0, 0.1) is 0 Å². The molecule has 0 atom stereocenters. The quantitative estimate of drug-likeness (QED) is 0.621. The van der Waals surface area contributed by atoms with Gasteiger partial charge in [0.2, 0.25) is 0 Å². The Morgan fingerprint density at radius 3 is 3.07 bits per heavy atom. The van der Waals surface area contributed by atoms with E-state index in [1.54, 1.807) is 13.0 Å². The van der Waals surface area contributed by atoms with Crippen LogP contribution in [0.15, 0.2) is 23.2 Å². The van der Waals surface area contributed by atoms with Gasteiger partial charge in [0, 0.05) is 15.8 Å². The van der Waals surface area contributed by atoms with Crippen LogP contribution in [-0.4, -0.2) is 12.6 Å². The van der Waals surface area contributed by atoms with Gasteiger partial charge in [-0.1, -0.05) is 6.08 Å². The summed E-state index contributed by atoms with van der Waals surface area (Å²) in [7, 11) is 0. The highest BCUT2D eigenvalue weighted by Gasteiger charge is 2.12. The van der Waals surface area contributed by atoms with Crippen LogP contribution in [0.1, 0.15) is 21.5 Å². The van der Waals surface area contributed by atoms with Crippen molar-refractivity contribution in [3.63, 3.8) is 0 Å². The van der Waals surface area contributed by atoms with Crippen molar-refractivity contribution in [3.05, 3.63) is 32.9 Å². The van der Waals surface area contributed by atoms with Crippen molar-refractivity contribution >= 4 is 33.2 Å². The van der Waals surface area contributed by atoms with E-state index in [-0.39, 0.29) is 5.97 Å². The molecule has 0 aliphatic heterocycles. The molecule has 1 aromatic rings. The summed E-state index contributed by atoms with van der Waals surface area (Å²) in [5.41, 5.74) is 0. The average molecular weight is 275 g/mol. The van der Waals surface area contributed by atoms with E-state index >= 15 is 0 Å². The molecule has 2 nitrogen and oxygen atoms in total. The largest absolute Gasteiger partial charge is 0.462 e. The molecule has 1 aromatic heterocycles. The van der Waals surface area contributed by atoms with Gasteiger partial charge < -0.3 is 4.74 Å². The second-order valence-corrected chi connectivity index (χ2v) is 4.59. The summed E-state index contributed by atoms with van der Waals surface area (Å²) in [6, 6.07) is 1.79. The minimum absolute atomic E-state index is 0.256. The van der Waals surface area contributed by atoms with Gasteiger partial charge in [0.1, 0.15) is 4.88 Å². The molecule has 0 saturated carbocycles. The monoisotopic (exact) mass is 274 g/mol. The topological polar surface area (TPSA) is 26.3 Å². The zero-order chi connectivity index (χ0) is 10.6. The Labute approximate surface area is 95.7 Å². The fourth-order valence-electron chi connectivity index (χ4n) is 0.980. The van der Waals surface area contributed by atoms with Gasteiger partial charge in [-0.15, -0.1) is 17.9 Å². The number of rotatable bonds is 4. The Kier molecular flexibility index (Phi) is 4.35. The molecule has 0 bridgehead atoms. The summed E-state index contributed by atoms with van der Waals surface area (Å²) < 4.78 is 5.85. The fraction of sp³-hybridized carbons (Fsp3) is 0.300. The molecule has 0 saturated heterocycles. The lowest BCUT2D eigenvalue weighted by Gasteiger charge is -1.96. The second-order valence-electron chi connectivity index (χ2n) is 2.60. The molecule has 1 heterocycles. The fourth-order valence-corrected chi connectivity index (χ4v) is 2.71. The molecule has 0 N–H and O–H groups in total. The van der Waals surface area contributed by atoms with Crippen molar-refractivity contribution in [2.24, 2.45) is 0 Å². The first-order valence-electron chi connectivity index (χ1n) is 4.25. The van der Waals surface area contributed by atoms with Crippen LogP contribution in [0.25, 0.3) is 0 Å². The van der Waals surface area contributed by atoms with Crippen molar-refractivity contribution in [1.82, 2.24) is 0 Å². The van der Waals surface area contributed by atoms with E-state index in [1.807, 2.05) is 6.08 Å². The van der Waals surface area contributed by atoms with Crippen LogP contribution >= 0.6 is 27.3 Å². The Hall–Kier alpha value is -0.610. The number of hydrogen-bond donors (Lipinski definition) is 0. The molecule has 0 spiro atoms. The van der Waals surface area contributed by atoms with Crippen LogP contribution in [-0.2, 0) is 11.2 Å². The van der Waals surface area contributed by atoms with Crippen LogP contribution in [0.5, 0.6) is 0 Å². The van der Waals surface area contributed by atoms with E-state index in [0.717, 1.165) is 15.8 Å². The number of hydrogen-bond acceptors (Lipinski definition) is 3. The van der Waals surface area contributed by atoms with E-state index < -0.39 is 0 Å². The maximum absolute atomic E-state index is 11.4. The summed E-state index contributed by atoms with van der Waals surface area (Å²) >= 11 is 4.83. The van der Waals surface area contributed by atoms with E-state index in [2.05, 4.69) is 22.5 Å². The van der Waals surface area contributed by atoms with Crippen LogP contribution < -0.4 is 0 Å². The molecule has 76 valence electrons. The zero-order valence-electron chi connectivity index (χ0n) is 7.88. The Morgan fingerprint density at radius 2 is 2.50 bits per heavy atom. The number of halogens is 1. The summed E-state index contributed by atoms with van der Waals surface area (Å²) in [6.45, 7) is 5.86. The summed E-state index contributed by atoms with van der Waals surface area (Å²) in [5, 5.41) is 0. The van der Waals surface area contributed by atoms with E-state index in [1.165, 1.54) is 11.3 Å². The minimum Gasteiger partial charge on any atom is -0.462 e. The van der Waals surface area contributed by atoms with Crippen molar-refractivity contribution in [3.8, 4) is 0 Å². The summed E-state index contributed by atoms with van der Waals surface area (Å²) in [6.07, 6.45) is 2.58. The van der Waals surface area contributed by atoms with Crippen molar-refractivity contribution in [2.45, 2.75) is 13.3 Å². The summed E-state index contributed by atoms with van der Waals surface area (Å²) in [4.78, 5) is 13.1. The van der Waals surface area contributed by atoms with Crippen LogP contribution in [0.2, 0.25) is 0 Å². The predicted octanol–water partition coefficient (Wildman–Crippen LogP) is 3.42. The van der Waals surface area contributed by atoms with E-state index in [0.29, 0.717) is 11.5 Å². The number of esters is 1. The highest BCUT2D eigenvalue weighted by atomic mass is 79.9. The molecule has 0 fully saturated rings. The highest BCUT2D eigenvalue weighted by molar-refractivity contribution is 9.10. The summed E-state index contributed by atoms with van der Waals surface area (Å²) in [5.74, 6) is -0.256. The average Bonchev–Trinajstić information content (AvgIpc) is 2.49. The molecule has 4 heteroatoms. The van der Waals surface area contributed by atoms with Gasteiger partial charge in [-0.25, -0.2) is 4.79 Å². The maximum atomic E-state index is 11.4. The standard InChI is InChI=1S/C10H11BrO2S/c1-3-5-8-7(11)6-9(14-8)10(12)13-4-2/h3,6H,1,4-5H2,2H3. The first-order valence-corrected chi connectivity index (χ1v) is 5.86. The number of allylic oxidation sites excluding steroid dienone is 1. The molecule has 0 aromatic carbocycles. The number of carbonyl (C=O) groups excluding carboxylic acids is 1. The van der Waals surface area contributed by atoms with Gasteiger partial charge >= 0.3 is 5.97 Å². The Balaban J connectivity index is 2.84. The van der Waals surface area contributed by atoms with Crippen LogP contribution in [0.4, 0.5) is 0 Å². The van der Waals surface area contributed by atoms with Crippen molar-refractivity contribution in [2.75, 3.05) is 6.61 Å². The van der Waals surface area contributed by atoms with Gasteiger partial charge in [0.25, 0.3) is 0 Å². The zero-order valence-corrected chi connectivity index (χ0v) is 10.3. The Bertz CT molecular complexity index is 344. The molecule has 0 aliphatic rings. The smallest absolute Gasteiger partial charge is 0.348 e. The molecule has 0 radical (unpaired) electrons. The molecule has 1 rings (SSSR count). The first kappa shape index (κ1) is 11.5. The first-order chi connectivity index (χ1) is 6.69. The molecule has 0 unspecified atom stereocenters. The predicted molar refractivity (Wildman–Crippen MR) is 61.9 cm³/mol. The molecular weight excluding hydrogens is 264 g/mol. The van der Waals surface area contributed by atoms with Crippen LogP contribution in [0.3, 0.4) is 0 Å². The molecular formula is C10H11BrO2S. The lowest BCUT2D eigenvalue weighted by molar-refractivity contribution is 0.0532. The van der Waals surface area contributed by atoms with Gasteiger partial charge in [-0.2, -0.15) is 0 Å². The lowest BCUT2D eigenvalue weighted by atomic mass is 10.3. The Morgan fingerprint density at radius 1 is 1.79 bits per heavy atom. The minimum atomic E-state index is -0.256. The van der Waals surface area contributed by atoms with Crippen molar-refractivity contribution in [1.29, 1.82) is 0 Å². The van der Waals surface area contributed by atoms with Gasteiger partial charge in [-0.3, -0.25) is 0 Å². The second kappa shape index (κ2) is 5.32. The van der Waals surface area contributed by atoms with Gasteiger partial charge in [0.15, 0.2) is 0 Å². The molecule has 0 aliphatic carbocycles. The SMILES string of the molecule is C=CCc1sc(C(=O)OCC)cc1Br. The third-order valence-electron chi connectivity index (χ3n) is 1.56. The number of thiophene rings is 1. The van der Waals surface area contributed by atoms with Gasteiger partial charge in [-0.05, 0) is 28.9 Å². The lowest BCUT2D eigenvalue weighted by Crippen LogP contribution is -2.01.